The van der Waals surface area contributed by atoms with E-state index in [-0.39, 0.29) is 70.9 Å². The topological polar surface area (TPSA) is 172 Å². The average Bonchev–Trinajstić information content (AvgIpc) is 3.54. The Balaban J connectivity index is 1.35. The Hall–Kier alpha value is -5.55. The molecule has 0 atom stereocenters. The molecule has 2 amide bonds. The predicted octanol–water partition coefficient (Wildman–Crippen LogP) is 4.20. The monoisotopic (exact) mass is 739 g/mol. The summed E-state index contributed by atoms with van der Waals surface area (Å²) >= 11 is 6.10. The van der Waals surface area contributed by atoms with E-state index in [2.05, 4.69) is 25.5 Å². The summed E-state index contributed by atoms with van der Waals surface area (Å²) in [6.07, 6.45) is -3.44. The first-order valence-electron chi connectivity index (χ1n) is 16.0. The fourth-order valence-electron chi connectivity index (χ4n) is 5.91. The summed E-state index contributed by atoms with van der Waals surface area (Å²) in [7, 11) is 0. The van der Waals surface area contributed by atoms with Gasteiger partial charge in [-0.15, -0.1) is 15.0 Å². The number of fused-ring (bicyclic) bond motifs is 1. The number of hydrogen-bond acceptors (Lipinski definition) is 10. The van der Waals surface area contributed by atoms with Crippen molar-refractivity contribution in [2.75, 3.05) is 36.4 Å². The van der Waals surface area contributed by atoms with Crippen LogP contribution in [0.5, 0.6) is 5.75 Å². The van der Waals surface area contributed by atoms with Crippen molar-refractivity contribution in [2.45, 2.75) is 46.0 Å². The molecule has 52 heavy (non-hydrogen) atoms. The van der Waals surface area contributed by atoms with Crippen molar-refractivity contribution < 1.29 is 33.0 Å². The number of nitrogens with one attached hydrogen (secondary N) is 1. The zero-order valence-corrected chi connectivity index (χ0v) is 29.1. The van der Waals surface area contributed by atoms with E-state index in [9.17, 15) is 37.8 Å². The maximum atomic E-state index is 14.1. The first-order valence-corrected chi connectivity index (χ1v) is 16.4. The lowest BCUT2D eigenvalue weighted by Gasteiger charge is -2.36. The number of carbonyl (C=O) groups is 2. The summed E-state index contributed by atoms with van der Waals surface area (Å²) in [4.78, 5) is 53.1. The molecule has 0 unspecified atom stereocenters. The van der Waals surface area contributed by atoms with E-state index < -0.39 is 41.1 Å². The Morgan fingerprint density at radius 3 is 2.23 bits per heavy atom. The highest BCUT2D eigenvalue weighted by atomic mass is 35.5. The summed E-state index contributed by atoms with van der Waals surface area (Å²) in [5.74, 6) is -1.47. The number of rotatable bonds is 7. The van der Waals surface area contributed by atoms with Crippen molar-refractivity contribution in [1.82, 2.24) is 34.4 Å². The molecule has 0 saturated carbocycles. The van der Waals surface area contributed by atoms with Crippen LogP contribution in [0, 0.1) is 13.8 Å². The minimum absolute atomic E-state index is 0.0453. The lowest BCUT2D eigenvalue weighted by Crippen LogP contribution is -2.50. The molecule has 14 nitrogen and oxygen atoms in total. The molecule has 3 N–H and O–H groups in total. The molecular formula is C34H33ClF3N9O5. The molecule has 18 heteroatoms. The molecule has 0 radical (unpaired) electrons. The van der Waals surface area contributed by atoms with Gasteiger partial charge in [0.1, 0.15) is 18.6 Å². The normalized spacial score (nSPS) is 13.9. The lowest BCUT2D eigenvalue weighted by atomic mass is 9.98. The molecule has 5 aromatic rings. The van der Waals surface area contributed by atoms with E-state index >= 15 is 0 Å². The minimum atomic E-state index is -4.63. The van der Waals surface area contributed by atoms with E-state index in [0.29, 0.717) is 23.0 Å². The third-order valence-corrected chi connectivity index (χ3v) is 9.11. The van der Waals surface area contributed by atoms with Gasteiger partial charge in [0, 0.05) is 31.9 Å². The largest absolute Gasteiger partial charge is 0.504 e. The van der Waals surface area contributed by atoms with Gasteiger partial charge in [-0.05, 0) is 63.6 Å². The summed E-state index contributed by atoms with van der Waals surface area (Å²) in [6, 6.07) is 9.29. The van der Waals surface area contributed by atoms with Gasteiger partial charge in [-0.1, -0.05) is 23.7 Å². The first-order chi connectivity index (χ1) is 24.4. The second-order valence-corrected chi connectivity index (χ2v) is 13.2. The Morgan fingerprint density at radius 2 is 1.62 bits per heavy atom. The Bertz CT molecular complexity index is 2260. The minimum Gasteiger partial charge on any atom is -0.504 e. The number of aromatic hydroxyl groups is 1. The number of hydrogen-bond donors (Lipinski definition) is 3. The zero-order valence-electron chi connectivity index (χ0n) is 28.4. The summed E-state index contributed by atoms with van der Waals surface area (Å²) < 4.78 is 41.1. The molecule has 0 bridgehead atoms. The molecule has 1 fully saturated rings. The van der Waals surface area contributed by atoms with Crippen molar-refractivity contribution in [1.29, 1.82) is 0 Å². The molecule has 2 aromatic carbocycles. The van der Waals surface area contributed by atoms with Crippen molar-refractivity contribution >= 4 is 46.0 Å². The van der Waals surface area contributed by atoms with Crippen LogP contribution < -0.4 is 15.6 Å². The quantitative estimate of drug-likeness (QED) is 0.220. The van der Waals surface area contributed by atoms with Gasteiger partial charge in [0.05, 0.1) is 33.3 Å². The molecule has 1 saturated heterocycles. The van der Waals surface area contributed by atoms with Crippen LogP contribution in [0.4, 0.5) is 24.5 Å². The van der Waals surface area contributed by atoms with E-state index in [4.69, 9.17) is 11.6 Å². The number of pyridine rings is 1. The molecule has 1 aliphatic heterocycles. The van der Waals surface area contributed by atoms with Crippen molar-refractivity contribution in [3.8, 4) is 11.4 Å². The molecule has 1 aliphatic rings. The van der Waals surface area contributed by atoms with Gasteiger partial charge in [-0.3, -0.25) is 14.4 Å². The fourth-order valence-corrected chi connectivity index (χ4v) is 6.14. The highest BCUT2D eigenvalue weighted by Gasteiger charge is 2.32. The zero-order chi connectivity index (χ0) is 37.7. The highest BCUT2D eigenvalue weighted by Crippen LogP contribution is 2.34. The molecular weight excluding hydrogens is 707 g/mol. The van der Waals surface area contributed by atoms with Gasteiger partial charge >= 0.3 is 6.18 Å². The SMILES string of the molecule is Cc1ncnc(C(=O)N2CCN(c3c(C)n(CC(=O)Nc4ccc(C(F)(F)F)cc4Cl)c4nn(-c5ccc(C(C)(C)O)cc5)nc4c3=O)CC2)c1O. The van der Waals surface area contributed by atoms with Gasteiger partial charge in [-0.2, -0.15) is 13.2 Å². The van der Waals surface area contributed by atoms with Crippen molar-refractivity contribution in [3.05, 3.63) is 92.2 Å². The third-order valence-electron chi connectivity index (χ3n) is 8.80. The second-order valence-electron chi connectivity index (χ2n) is 12.8. The number of carbonyl (C=O) groups excluding carboxylic acids is 2. The van der Waals surface area contributed by atoms with Gasteiger partial charge in [0.25, 0.3) is 5.91 Å². The maximum Gasteiger partial charge on any atom is 0.416 e. The van der Waals surface area contributed by atoms with Crippen LogP contribution in [0.1, 0.15) is 46.9 Å². The number of amides is 2. The maximum absolute atomic E-state index is 14.1. The number of aryl methyl sites for hydroxylation is 1. The van der Waals surface area contributed by atoms with Crippen LogP contribution in [0.2, 0.25) is 5.02 Å². The summed E-state index contributed by atoms with van der Waals surface area (Å²) in [5, 5.41) is 32.0. The van der Waals surface area contributed by atoms with Crippen LogP contribution in [0.15, 0.2) is 53.6 Å². The van der Waals surface area contributed by atoms with E-state index in [1.807, 2.05) is 0 Å². The van der Waals surface area contributed by atoms with Crippen molar-refractivity contribution in [3.63, 3.8) is 0 Å². The molecule has 0 spiro atoms. The van der Waals surface area contributed by atoms with E-state index in [1.165, 1.54) is 20.6 Å². The van der Waals surface area contributed by atoms with Crippen LogP contribution in [-0.4, -0.2) is 82.6 Å². The van der Waals surface area contributed by atoms with Crippen LogP contribution in [0.25, 0.3) is 16.9 Å². The number of aliphatic hydroxyl groups is 1. The molecule has 6 rings (SSSR count). The molecule has 3 aromatic heterocycles. The molecule has 0 aliphatic carbocycles. The first kappa shape index (κ1) is 36.2. The number of aromatic nitrogens is 6. The van der Waals surface area contributed by atoms with Gasteiger partial charge in [0.2, 0.25) is 11.3 Å². The predicted molar refractivity (Wildman–Crippen MR) is 185 cm³/mol. The van der Waals surface area contributed by atoms with Crippen LogP contribution in [0.3, 0.4) is 0 Å². The van der Waals surface area contributed by atoms with Gasteiger partial charge < -0.3 is 29.9 Å². The standard InChI is InChI=1S/C34H33ClF3N9O5/c1-18-29(49)27(40-17-39-18)32(51)45-13-11-44(12-14-45)28-19(2)46(16-25(48)41-24-10-7-21(15-23(24)35)34(36,37)38)31-26(30(28)50)42-47(43-31)22-8-5-20(6-9-22)33(3,4)52/h5-10,15,17,49,52H,11-14,16H2,1-4H3,(H,41,48). The second kappa shape index (κ2) is 13.5. The van der Waals surface area contributed by atoms with Gasteiger partial charge in [0.15, 0.2) is 22.6 Å². The van der Waals surface area contributed by atoms with Gasteiger partial charge in [-0.25, -0.2) is 9.97 Å². The third kappa shape index (κ3) is 7.01. The molecule has 4 heterocycles. The number of halogens is 4. The Labute approximate surface area is 299 Å². The number of piperazine rings is 1. The van der Waals surface area contributed by atoms with E-state index in [1.54, 1.807) is 56.9 Å². The number of alkyl halides is 3. The Morgan fingerprint density at radius 1 is 0.962 bits per heavy atom. The highest BCUT2D eigenvalue weighted by molar-refractivity contribution is 6.33. The average molecular weight is 740 g/mol. The lowest BCUT2D eigenvalue weighted by molar-refractivity contribution is -0.137. The van der Waals surface area contributed by atoms with E-state index in [0.717, 1.165) is 12.1 Å². The number of benzene rings is 2. The van der Waals surface area contributed by atoms with Crippen LogP contribution >= 0.6 is 11.6 Å². The van der Waals surface area contributed by atoms with Crippen molar-refractivity contribution in [2.24, 2.45) is 0 Å². The molecule has 272 valence electrons. The Kier molecular flexibility index (Phi) is 9.44. The smallest absolute Gasteiger partial charge is 0.416 e. The number of nitrogens with zero attached hydrogens (tertiary/aromatic N) is 8. The number of anilines is 2. The summed E-state index contributed by atoms with van der Waals surface area (Å²) in [5.41, 5.74) is -0.821. The summed E-state index contributed by atoms with van der Waals surface area (Å²) in [6.45, 7) is 6.79. The fraction of sp³-hybridized carbons (Fsp3) is 0.324. The van der Waals surface area contributed by atoms with Crippen LogP contribution in [-0.2, 0) is 23.1 Å².